The van der Waals surface area contributed by atoms with E-state index in [9.17, 15) is 0 Å². The molecule has 0 aromatic carbocycles. The number of aliphatic hydroxyl groups is 3. The summed E-state index contributed by atoms with van der Waals surface area (Å²) < 4.78 is 0. The van der Waals surface area contributed by atoms with Crippen LogP contribution in [0.2, 0.25) is 0 Å². The zero-order valence-electron chi connectivity index (χ0n) is 6.43. The molecule has 3 nitrogen and oxygen atoms in total. The molecular formula is C5H17MnO3-. The first-order chi connectivity index (χ1) is 4.00. The molecule has 63 valence electrons. The Kier molecular flexibility index (Phi) is 11000. The topological polar surface area (TPSA) is 60.7 Å². The van der Waals surface area contributed by atoms with E-state index >= 15 is 0 Å². The zero-order chi connectivity index (χ0) is 8.00. The van der Waals surface area contributed by atoms with Crippen LogP contribution in [0.5, 0.6) is 0 Å². The summed E-state index contributed by atoms with van der Waals surface area (Å²) in [5.74, 6) is 0. The second kappa shape index (κ2) is 2880. The van der Waals surface area contributed by atoms with E-state index in [2.05, 4.69) is 6.92 Å². The first kappa shape index (κ1) is 34.3. The van der Waals surface area contributed by atoms with Crippen LogP contribution in [0.15, 0.2) is 0 Å². The predicted molar refractivity (Wildman–Crippen MR) is 35.5 cm³/mol. The van der Waals surface area contributed by atoms with Crippen LogP contribution in [-0.2, 0) is 17.1 Å². The van der Waals surface area contributed by atoms with E-state index in [1.807, 2.05) is 0 Å². The minimum Gasteiger partial charge on any atom is -0.400 e. The van der Waals surface area contributed by atoms with Crippen LogP contribution < -0.4 is 0 Å². The van der Waals surface area contributed by atoms with Gasteiger partial charge in [0.2, 0.25) is 0 Å². The first-order valence-corrected chi connectivity index (χ1v) is 2.05. The van der Waals surface area contributed by atoms with Gasteiger partial charge < -0.3 is 22.2 Å². The molecule has 0 aromatic heterocycles. The van der Waals surface area contributed by atoms with Crippen LogP contribution in [0.1, 0.15) is 6.92 Å². The molecule has 0 aliphatic heterocycles. The van der Waals surface area contributed by atoms with Gasteiger partial charge in [-0.2, -0.15) is 6.92 Å². The van der Waals surface area contributed by atoms with Crippen LogP contribution in [-0.4, -0.2) is 36.6 Å². The van der Waals surface area contributed by atoms with Gasteiger partial charge in [-0.25, -0.2) is 0 Å². The van der Waals surface area contributed by atoms with E-state index in [0.717, 1.165) is 21.3 Å². The van der Waals surface area contributed by atoms with Crippen molar-refractivity contribution in [2.75, 3.05) is 21.3 Å². The molecule has 0 rings (SSSR count). The second-order valence-corrected chi connectivity index (χ2v) is 0. The molecular weight excluding hydrogens is 163 g/mol. The fraction of sp³-hybridized carbons (Fsp3) is 0.800. The summed E-state index contributed by atoms with van der Waals surface area (Å²) in [4.78, 5) is 0. The van der Waals surface area contributed by atoms with E-state index < -0.39 is 0 Å². The SMILES string of the molecule is CO.CO.CO.[CH2-]C.[Mn]. The van der Waals surface area contributed by atoms with Crippen molar-refractivity contribution in [2.24, 2.45) is 0 Å². The molecule has 0 spiro atoms. The zero-order valence-corrected chi connectivity index (χ0v) is 7.61. The first-order valence-electron chi connectivity index (χ1n) is 2.05. The molecule has 0 unspecified atom stereocenters. The van der Waals surface area contributed by atoms with Crippen molar-refractivity contribution in [3.8, 4) is 0 Å². The summed E-state index contributed by atoms with van der Waals surface area (Å²) in [5.41, 5.74) is 0. The molecule has 0 atom stereocenters. The van der Waals surface area contributed by atoms with Gasteiger partial charge in [0.05, 0.1) is 0 Å². The number of hydrogen-bond donors (Lipinski definition) is 3. The van der Waals surface area contributed by atoms with Gasteiger partial charge >= 0.3 is 0 Å². The molecule has 0 saturated carbocycles. The van der Waals surface area contributed by atoms with E-state index in [4.69, 9.17) is 15.3 Å². The van der Waals surface area contributed by atoms with Crippen molar-refractivity contribution < 1.29 is 32.4 Å². The van der Waals surface area contributed by atoms with E-state index in [0.29, 0.717) is 0 Å². The summed E-state index contributed by atoms with van der Waals surface area (Å²) in [6, 6.07) is 0. The third kappa shape index (κ3) is 2160. The minimum absolute atomic E-state index is 0. The molecule has 3 N–H and O–H groups in total. The fourth-order valence-corrected chi connectivity index (χ4v) is 0. The summed E-state index contributed by atoms with van der Waals surface area (Å²) in [5, 5.41) is 21.0. The van der Waals surface area contributed by atoms with E-state index in [-0.39, 0.29) is 17.1 Å². The van der Waals surface area contributed by atoms with Gasteiger partial charge in [-0.05, 0) is 0 Å². The van der Waals surface area contributed by atoms with Gasteiger partial charge in [-0.15, -0.1) is 0 Å². The maximum Gasteiger partial charge on any atom is 0.0319 e. The maximum absolute atomic E-state index is 7.00. The Hall–Kier alpha value is 0.399. The predicted octanol–water partition coefficient (Wildman–Crippen LogP) is -0.337. The standard InChI is InChI=1S/C2H5.3CH4O.Mn/c4*1-2;/h1H2,2H3;3*2H,1H3;/q-1;;;;. The van der Waals surface area contributed by atoms with Crippen LogP contribution in [0.4, 0.5) is 0 Å². The average Bonchev–Trinajstić information content (AvgIpc) is 2.03. The Morgan fingerprint density at radius 3 is 0.667 bits per heavy atom. The van der Waals surface area contributed by atoms with Gasteiger partial charge in [0, 0.05) is 38.4 Å². The molecule has 4 heteroatoms. The van der Waals surface area contributed by atoms with Crippen molar-refractivity contribution in [3.63, 3.8) is 0 Å². The van der Waals surface area contributed by atoms with E-state index in [1.165, 1.54) is 0 Å². The normalized spacial score (nSPS) is 2.67. The van der Waals surface area contributed by atoms with Gasteiger partial charge in [-0.1, -0.05) is 0 Å². The Bertz CT molecular complexity index is 12.2. The van der Waals surface area contributed by atoms with Gasteiger partial charge in [0.25, 0.3) is 0 Å². The molecule has 0 fully saturated rings. The van der Waals surface area contributed by atoms with E-state index in [1.54, 1.807) is 6.92 Å². The molecule has 0 aliphatic rings. The Morgan fingerprint density at radius 2 is 0.667 bits per heavy atom. The maximum atomic E-state index is 7.00. The van der Waals surface area contributed by atoms with Crippen molar-refractivity contribution >= 4 is 0 Å². The monoisotopic (exact) mass is 180 g/mol. The molecule has 0 aliphatic carbocycles. The van der Waals surface area contributed by atoms with Crippen molar-refractivity contribution in [1.82, 2.24) is 0 Å². The number of hydrogen-bond acceptors (Lipinski definition) is 3. The average molecular weight is 180 g/mol. The fourth-order valence-electron chi connectivity index (χ4n) is 0. The molecule has 1 radical (unpaired) electrons. The third-order valence-corrected chi connectivity index (χ3v) is 0. The molecule has 0 heterocycles. The summed E-state index contributed by atoms with van der Waals surface area (Å²) in [7, 11) is 3.00. The summed E-state index contributed by atoms with van der Waals surface area (Å²) in [6.07, 6.45) is 0. The molecule has 0 bridgehead atoms. The molecule has 0 saturated heterocycles. The van der Waals surface area contributed by atoms with Crippen molar-refractivity contribution in [2.45, 2.75) is 6.92 Å². The number of rotatable bonds is 0. The van der Waals surface area contributed by atoms with Crippen molar-refractivity contribution in [3.05, 3.63) is 6.92 Å². The Balaban J connectivity index is -0.00000000762. The van der Waals surface area contributed by atoms with Gasteiger partial charge in [0.1, 0.15) is 0 Å². The van der Waals surface area contributed by atoms with Crippen LogP contribution >= 0.6 is 0 Å². The largest absolute Gasteiger partial charge is 0.400 e. The Morgan fingerprint density at radius 1 is 0.667 bits per heavy atom. The smallest absolute Gasteiger partial charge is 0.0319 e. The van der Waals surface area contributed by atoms with Crippen LogP contribution in [0, 0.1) is 6.92 Å². The van der Waals surface area contributed by atoms with Crippen LogP contribution in [0.25, 0.3) is 0 Å². The second-order valence-electron chi connectivity index (χ2n) is 0. The van der Waals surface area contributed by atoms with Gasteiger partial charge in [0.15, 0.2) is 0 Å². The minimum atomic E-state index is 0. The summed E-state index contributed by atoms with van der Waals surface area (Å²) in [6.45, 7) is 5.00. The van der Waals surface area contributed by atoms with Crippen LogP contribution in [0.3, 0.4) is 0 Å². The molecule has 0 aromatic rings. The third-order valence-electron chi connectivity index (χ3n) is 0. The number of aliphatic hydroxyl groups excluding tert-OH is 3. The van der Waals surface area contributed by atoms with Crippen molar-refractivity contribution in [1.29, 1.82) is 0 Å². The molecule has 9 heavy (non-hydrogen) atoms. The Labute approximate surface area is 68.2 Å². The molecule has 0 amide bonds. The summed E-state index contributed by atoms with van der Waals surface area (Å²) >= 11 is 0. The quantitative estimate of drug-likeness (QED) is 0.353. The van der Waals surface area contributed by atoms with Gasteiger partial charge in [-0.3, -0.25) is 0 Å².